The molecule has 1 N–H and O–H groups in total. The maximum Gasteiger partial charge on any atom is 0.132 e. The molecule has 5 rings (SSSR count). The Morgan fingerprint density at radius 1 is 0.750 bits per heavy atom. The monoisotopic (exact) mass is 308 g/mol. The van der Waals surface area contributed by atoms with E-state index < -0.39 is 5.54 Å². The Bertz CT molecular complexity index is 1120. The van der Waals surface area contributed by atoms with E-state index in [1.54, 1.807) is 0 Å². The molecule has 2 nitrogen and oxygen atoms in total. The predicted octanol–water partition coefficient (Wildman–Crippen LogP) is 3.53. The van der Waals surface area contributed by atoms with Gasteiger partial charge in [0.25, 0.3) is 0 Å². The van der Waals surface area contributed by atoms with Crippen molar-refractivity contribution < 1.29 is 0 Å². The molecule has 1 atom stereocenters. The van der Waals surface area contributed by atoms with E-state index in [-0.39, 0.29) is 0 Å². The predicted molar refractivity (Wildman–Crippen MR) is 97.2 cm³/mol. The minimum Gasteiger partial charge on any atom is -0.361 e. The lowest BCUT2D eigenvalue weighted by Gasteiger charge is -2.25. The van der Waals surface area contributed by atoms with Gasteiger partial charge >= 0.3 is 0 Å². The van der Waals surface area contributed by atoms with Crippen molar-refractivity contribution in [1.29, 1.82) is 0 Å². The Kier molecular flexibility index (Phi) is 2.74. The van der Waals surface area contributed by atoms with E-state index in [1.807, 2.05) is 6.07 Å². The van der Waals surface area contributed by atoms with Crippen LogP contribution in [0.1, 0.15) is 11.1 Å². The molecule has 1 aliphatic rings. The number of aromatic nitrogens is 1. The van der Waals surface area contributed by atoms with Crippen LogP contribution in [0.2, 0.25) is 0 Å². The first-order valence-corrected chi connectivity index (χ1v) is 8.17. The lowest BCUT2D eigenvalue weighted by Crippen LogP contribution is -2.21. The van der Waals surface area contributed by atoms with Crippen molar-refractivity contribution in [2.24, 2.45) is 4.99 Å². The summed E-state index contributed by atoms with van der Waals surface area (Å²) in [4.78, 5) is 8.58. The largest absolute Gasteiger partial charge is 0.361 e. The molecule has 2 heterocycles. The van der Waals surface area contributed by atoms with Crippen molar-refractivity contribution in [3.63, 3.8) is 0 Å². The molecule has 1 aliphatic heterocycles. The number of para-hydroxylation sites is 2. The average molecular weight is 308 g/mol. The molecule has 0 aliphatic carbocycles. The Morgan fingerprint density at radius 3 is 2.38 bits per heavy atom. The topological polar surface area (TPSA) is 28.1 Å². The highest BCUT2D eigenvalue weighted by atomic mass is 14.9. The smallest absolute Gasteiger partial charge is 0.132 e. The van der Waals surface area contributed by atoms with Gasteiger partial charge in [-0.2, -0.15) is 0 Å². The van der Waals surface area contributed by atoms with Crippen LogP contribution >= 0.6 is 0 Å². The molecule has 0 fully saturated rings. The van der Waals surface area contributed by atoms with Crippen molar-refractivity contribution in [3.05, 3.63) is 107 Å². The zero-order valence-electron chi connectivity index (χ0n) is 13.1. The van der Waals surface area contributed by atoms with Crippen LogP contribution in [-0.2, 0) is 5.54 Å². The van der Waals surface area contributed by atoms with E-state index in [0.717, 1.165) is 10.9 Å². The highest BCUT2D eigenvalue weighted by Gasteiger charge is 2.35. The van der Waals surface area contributed by atoms with Gasteiger partial charge < -0.3 is 4.98 Å². The van der Waals surface area contributed by atoms with Crippen LogP contribution in [0.3, 0.4) is 0 Å². The standard InChI is InChI=1S/C22H16N2/c1-2-9-17(10-3-1)22(14-16-8-4-6-12-20(16)24-22)19-15-23-21-13-7-5-11-18(19)21/h1-15,23H. The molecule has 2 heteroatoms. The number of H-pyrrole nitrogens is 1. The zero-order valence-corrected chi connectivity index (χ0v) is 13.1. The number of rotatable bonds is 2. The normalized spacial score (nSPS) is 18.8. The van der Waals surface area contributed by atoms with Crippen LogP contribution in [0.4, 0.5) is 0 Å². The first-order valence-electron chi connectivity index (χ1n) is 8.17. The molecule has 1 unspecified atom stereocenters. The summed E-state index contributed by atoms with van der Waals surface area (Å²) in [6, 6.07) is 27.3. The zero-order chi connectivity index (χ0) is 16.0. The third-order valence-electron chi connectivity index (χ3n) is 4.81. The molecule has 24 heavy (non-hydrogen) atoms. The first kappa shape index (κ1) is 13.3. The van der Waals surface area contributed by atoms with Gasteiger partial charge in [0.05, 0.1) is 5.36 Å². The fraction of sp³-hybridized carbons (Fsp3) is 0.0455. The summed E-state index contributed by atoms with van der Waals surface area (Å²) < 4.78 is 0. The van der Waals surface area contributed by atoms with E-state index in [2.05, 4.69) is 90.1 Å². The number of nitrogens with zero attached hydrogens (tertiary/aromatic N) is 1. The molecule has 0 bridgehead atoms. The minimum atomic E-state index is -0.482. The van der Waals surface area contributed by atoms with Crippen molar-refractivity contribution in [2.75, 3.05) is 0 Å². The van der Waals surface area contributed by atoms with Crippen LogP contribution in [0.5, 0.6) is 0 Å². The maximum absolute atomic E-state index is 5.17. The summed E-state index contributed by atoms with van der Waals surface area (Å²) >= 11 is 0. The number of hydrogen-bond donors (Lipinski definition) is 1. The summed E-state index contributed by atoms with van der Waals surface area (Å²) in [6.07, 6.45) is 4.39. The molecule has 1 aromatic heterocycles. The summed E-state index contributed by atoms with van der Waals surface area (Å²) in [5.41, 5.74) is 3.04. The van der Waals surface area contributed by atoms with Gasteiger partial charge in [-0.3, -0.25) is 4.99 Å². The Morgan fingerprint density at radius 2 is 1.50 bits per heavy atom. The molecule has 114 valence electrons. The lowest BCUT2D eigenvalue weighted by molar-refractivity contribution is 0.725. The molecule has 0 radical (unpaired) electrons. The van der Waals surface area contributed by atoms with Crippen LogP contribution in [0.15, 0.2) is 90.1 Å². The fourth-order valence-corrected chi connectivity index (χ4v) is 3.68. The van der Waals surface area contributed by atoms with Crippen molar-refractivity contribution >= 4 is 17.0 Å². The number of benzene rings is 3. The number of nitrogens with one attached hydrogen (secondary N) is 1. The molecule has 4 aromatic rings. The summed E-state index contributed by atoms with van der Waals surface area (Å²) in [7, 11) is 0. The van der Waals surface area contributed by atoms with Crippen LogP contribution in [-0.4, -0.2) is 4.98 Å². The van der Waals surface area contributed by atoms with Crippen LogP contribution < -0.4 is 10.6 Å². The number of fused-ring (bicyclic) bond motifs is 2. The van der Waals surface area contributed by atoms with Gasteiger partial charge in [0.2, 0.25) is 0 Å². The van der Waals surface area contributed by atoms with Gasteiger partial charge in [0, 0.05) is 22.7 Å². The van der Waals surface area contributed by atoms with Crippen LogP contribution in [0.25, 0.3) is 17.0 Å². The van der Waals surface area contributed by atoms with E-state index in [1.165, 1.54) is 21.7 Å². The van der Waals surface area contributed by atoms with E-state index in [0.29, 0.717) is 0 Å². The van der Waals surface area contributed by atoms with Gasteiger partial charge in [0.15, 0.2) is 0 Å². The Hall–Kier alpha value is -3.13. The Balaban J connectivity index is 1.89. The fourth-order valence-electron chi connectivity index (χ4n) is 3.68. The summed E-state index contributed by atoms with van der Waals surface area (Å²) in [5, 5.41) is 3.45. The molecular weight excluding hydrogens is 292 g/mol. The molecule has 0 spiro atoms. The third kappa shape index (κ3) is 1.80. The van der Waals surface area contributed by atoms with Crippen molar-refractivity contribution in [1.82, 2.24) is 4.98 Å². The first-order chi connectivity index (χ1) is 11.9. The molecule has 3 aromatic carbocycles. The Labute approximate surface area is 139 Å². The summed E-state index contributed by atoms with van der Waals surface area (Å²) in [5.74, 6) is 0. The van der Waals surface area contributed by atoms with Gasteiger partial charge in [-0.1, -0.05) is 66.7 Å². The molecule has 0 saturated carbocycles. The van der Waals surface area contributed by atoms with Crippen LogP contribution in [0, 0.1) is 0 Å². The molecular formula is C22H16N2. The van der Waals surface area contributed by atoms with Gasteiger partial charge in [-0.25, -0.2) is 0 Å². The second-order valence-corrected chi connectivity index (χ2v) is 6.20. The molecule has 0 saturated heterocycles. The van der Waals surface area contributed by atoms with E-state index >= 15 is 0 Å². The third-order valence-corrected chi connectivity index (χ3v) is 4.81. The van der Waals surface area contributed by atoms with E-state index in [4.69, 9.17) is 4.99 Å². The van der Waals surface area contributed by atoms with Gasteiger partial charge in [0.1, 0.15) is 5.54 Å². The number of hydrogen-bond acceptors (Lipinski definition) is 1. The SMILES string of the molecule is C1=c2ccccc2=NC1(c1ccccc1)c1c[nH]c2ccccc12. The highest BCUT2D eigenvalue weighted by Crippen LogP contribution is 2.40. The quantitative estimate of drug-likeness (QED) is 0.587. The minimum absolute atomic E-state index is 0.482. The average Bonchev–Trinajstić information content (AvgIpc) is 3.24. The van der Waals surface area contributed by atoms with Crippen molar-refractivity contribution in [3.8, 4) is 0 Å². The maximum atomic E-state index is 5.17. The van der Waals surface area contributed by atoms with E-state index in [9.17, 15) is 0 Å². The lowest BCUT2D eigenvalue weighted by atomic mass is 9.83. The molecule has 0 amide bonds. The summed E-state index contributed by atoms with van der Waals surface area (Å²) in [6.45, 7) is 0. The van der Waals surface area contributed by atoms with Crippen molar-refractivity contribution in [2.45, 2.75) is 5.54 Å². The number of aromatic amines is 1. The second-order valence-electron chi connectivity index (χ2n) is 6.20. The van der Waals surface area contributed by atoms with Gasteiger partial charge in [-0.15, -0.1) is 0 Å². The highest BCUT2D eigenvalue weighted by molar-refractivity contribution is 5.86. The van der Waals surface area contributed by atoms with Gasteiger partial charge in [-0.05, 0) is 29.0 Å². The second kappa shape index (κ2) is 4.93.